The number of hydrogen-bond acceptors (Lipinski definition) is 5. The second-order valence-corrected chi connectivity index (χ2v) is 9.48. The summed E-state index contributed by atoms with van der Waals surface area (Å²) < 4.78 is 16.4. The second kappa shape index (κ2) is 10.5. The largest absolute Gasteiger partial charge is 0.497 e. The SMILES string of the molecule is COc1ccc(C2c3cc(OC)c(OC)cc3CCN2C(=O)N[C@H](C(=O)NC2CC2)C(C)C)cc1. The normalized spacial score (nSPS) is 17.9. The van der Waals surface area contributed by atoms with Crippen LogP contribution in [0.4, 0.5) is 4.79 Å². The van der Waals surface area contributed by atoms with Crippen LogP contribution < -0.4 is 24.8 Å². The predicted octanol–water partition coefficient (Wildman–Crippen LogP) is 3.67. The van der Waals surface area contributed by atoms with Crippen molar-refractivity contribution < 1.29 is 23.8 Å². The summed E-state index contributed by atoms with van der Waals surface area (Å²) in [5.74, 6) is 1.84. The first-order chi connectivity index (χ1) is 16.9. The number of benzene rings is 2. The van der Waals surface area contributed by atoms with Crippen LogP contribution in [-0.2, 0) is 11.2 Å². The number of methoxy groups -OCH3 is 3. The lowest BCUT2D eigenvalue weighted by atomic mass is 9.87. The van der Waals surface area contributed by atoms with Gasteiger partial charge in [-0.1, -0.05) is 26.0 Å². The number of urea groups is 1. The molecule has 2 N–H and O–H groups in total. The van der Waals surface area contributed by atoms with E-state index in [0.29, 0.717) is 24.5 Å². The maximum Gasteiger partial charge on any atom is 0.318 e. The third kappa shape index (κ3) is 5.31. The summed E-state index contributed by atoms with van der Waals surface area (Å²) in [6.07, 6.45) is 2.66. The lowest BCUT2D eigenvalue weighted by Crippen LogP contribution is -2.55. The minimum atomic E-state index is -0.605. The van der Waals surface area contributed by atoms with Crippen LogP contribution in [0.1, 0.15) is 49.4 Å². The van der Waals surface area contributed by atoms with Crippen molar-refractivity contribution >= 4 is 11.9 Å². The summed E-state index contributed by atoms with van der Waals surface area (Å²) in [7, 11) is 4.85. The summed E-state index contributed by atoms with van der Waals surface area (Å²) in [6.45, 7) is 4.39. The Balaban J connectivity index is 1.69. The van der Waals surface area contributed by atoms with Gasteiger partial charge in [-0.2, -0.15) is 0 Å². The molecule has 2 aromatic carbocycles. The van der Waals surface area contributed by atoms with Gasteiger partial charge in [-0.15, -0.1) is 0 Å². The highest BCUT2D eigenvalue weighted by Crippen LogP contribution is 2.41. The first-order valence-corrected chi connectivity index (χ1v) is 12.1. The van der Waals surface area contributed by atoms with Crippen molar-refractivity contribution in [2.24, 2.45) is 5.92 Å². The van der Waals surface area contributed by atoms with E-state index >= 15 is 0 Å². The summed E-state index contributed by atoms with van der Waals surface area (Å²) in [5, 5.41) is 6.04. The molecule has 35 heavy (non-hydrogen) atoms. The molecular weight excluding hydrogens is 446 g/mol. The molecule has 2 aromatic rings. The minimum absolute atomic E-state index is 0.0430. The molecule has 0 saturated heterocycles. The van der Waals surface area contributed by atoms with Crippen LogP contribution >= 0.6 is 0 Å². The van der Waals surface area contributed by atoms with Gasteiger partial charge < -0.3 is 29.7 Å². The molecule has 2 atom stereocenters. The highest BCUT2D eigenvalue weighted by atomic mass is 16.5. The van der Waals surface area contributed by atoms with E-state index in [-0.39, 0.29) is 29.9 Å². The first-order valence-electron chi connectivity index (χ1n) is 12.1. The summed E-state index contributed by atoms with van der Waals surface area (Å²) >= 11 is 0. The van der Waals surface area contributed by atoms with Crippen LogP contribution in [0.2, 0.25) is 0 Å². The zero-order valence-corrected chi connectivity index (χ0v) is 21.1. The molecule has 0 aromatic heterocycles. The van der Waals surface area contributed by atoms with Gasteiger partial charge in [0.1, 0.15) is 11.8 Å². The average molecular weight is 482 g/mol. The van der Waals surface area contributed by atoms with Crippen molar-refractivity contribution in [3.05, 3.63) is 53.1 Å². The van der Waals surface area contributed by atoms with E-state index in [1.165, 1.54) is 0 Å². The molecule has 2 aliphatic rings. The van der Waals surface area contributed by atoms with Gasteiger partial charge >= 0.3 is 6.03 Å². The average Bonchev–Trinajstić information content (AvgIpc) is 3.69. The maximum absolute atomic E-state index is 13.7. The van der Waals surface area contributed by atoms with Crippen molar-refractivity contribution in [2.75, 3.05) is 27.9 Å². The van der Waals surface area contributed by atoms with E-state index in [0.717, 1.165) is 35.3 Å². The number of rotatable bonds is 8. The van der Waals surface area contributed by atoms with Crippen LogP contribution in [0, 0.1) is 5.92 Å². The molecule has 1 aliphatic heterocycles. The lowest BCUT2D eigenvalue weighted by Gasteiger charge is -2.39. The van der Waals surface area contributed by atoms with E-state index in [9.17, 15) is 9.59 Å². The Kier molecular flexibility index (Phi) is 7.38. The van der Waals surface area contributed by atoms with Crippen LogP contribution in [0.15, 0.2) is 36.4 Å². The van der Waals surface area contributed by atoms with Crippen molar-refractivity contribution in [3.8, 4) is 17.2 Å². The number of nitrogens with zero attached hydrogens (tertiary/aromatic N) is 1. The maximum atomic E-state index is 13.7. The topological polar surface area (TPSA) is 89.1 Å². The van der Waals surface area contributed by atoms with Gasteiger partial charge in [0.2, 0.25) is 5.91 Å². The first kappa shape index (κ1) is 24.7. The van der Waals surface area contributed by atoms with E-state index in [4.69, 9.17) is 14.2 Å². The van der Waals surface area contributed by atoms with E-state index < -0.39 is 6.04 Å². The van der Waals surface area contributed by atoms with Crippen LogP contribution in [0.3, 0.4) is 0 Å². The standard InChI is InChI=1S/C27H35N3O5/c1-16(2)24(26(31)28-19-8-9-19)29-27(32)30-13-12-18-14-22(34-4)23(35-5)15-21(18)25(30)17-6-10-20(33-3)11-7-17/h6-7,10-11,14-16,19,24-25H,8-9,12-13H2,1-5H3,(H,28,31)(H,29,32)/t24-,25?/m0/s1. The molecule has 0 radical (unpaired) electrons. The fraction of sp³-hybridized carbons (Fsp3) is 0.481. The zero-order valence-electron chi connectivity index (χ0n) is 21.1. The molecule has 8 nitrogen and oxygen atoms in total. The van der Waals surface area contributed by atoms with Gasteiger partial charge in [0.05, 0.1) is 27.4 Å². The van der Waals surface area contributed by atoms with Gasteiger partial charge in [0.25, 0.3) is 0 Å². The van der Waals surface area contributed by atoms with Gasteiger partial charge in [-0.3, -0.25) is 4.79 Å². The van der Waals surface area contributed by atoms with Crippen molar-refractivity contribution in [1.29, 1.82) is 0 Å². The minimum Gasteiger partial charge on any atom is -0.497 e. The van der Waals surface area contributed by atoms with Gasteiger partial charge in [0.15, 0.2) is 11.5 Å². The monoisotopic (exact) mass is 481 g/mol. The van der Waals surface area contributed by atoms with E-state index in [2.05, 4.69) is 10.6 Å². The molecule has 1 heterocycles. The third-order valence-electron chi connectivity index (χ3n) is 6.72. The Morgan fingerprint density at radius 3 is 2.20 bits per heavy atom. The molecule has 0 bridgehead atoms. The Labute approximate surface area is 206 Å². The second-order valence-electron chi connectivity index (χ2n) is 9.48. The summed E-state index contributed by atoms with van der Waals surface area (Å²) in [5.41, 5.74) is 3.01. The molecule has 1 saturated carbocycles. The molecule has 188 valence electrons. The molecule has 3 amide bonds. The number of ether oxygens (including phenoxy) is 3. The number of amides is 3. The number of nitrogens with one attached hydrogen (secondary N) is 2. The van der Waals surface area contributed by atoms with Gasteiger partial charge in [-0.05, 0) is 66.1 Å². The summed E-state index contributed by atoms with van der Waals surface area (Å²) in [6, 6.07) is 10.6. The summed E-state index contributed by atoms with van der Waals surface area (Å²) in [4.78, 5) is 28.3. The van der Waals surface area contributed by atoms with Crippen LogP contribution in [0.25, 0.3) is 0 Å². The Hall–Kier alpha value is -3.42. The zero-order chi connectivity index (χ0) is 25.1. The number of fused-ring (bicyclic) bond motifs is 1. The predicted molar refractivity (Wildman–Crippen MR) is 133 cm³/mol. The number of carbonyl (C=O) groups excluding carboxylic acids is 2. The molecule has 0 spiro atoms. The fourth-order valence-electron chi connectivity index (χ4n) is 4.58. The van der Waals surface area contributed by atoms with Crippen molar-refractivity contribution in [3.63, 3.8) is 0 Å². The van der Waals surface area contributed by atoms with Gasteiger partial charge in [0, 0.05) is 12.6 Å². The van der Waals surface area contributed by atoms with Gasteiger partial charge in [-0.25, -0.2) is 4.79 Å². The van der Waals surface area contributed by atoms with Crippen molar-refractivity contribution in [1.82, 2.24) is 15.5 Å². The fourth-order valence-corrected chi connectivity index (χ4v) is 4.58. The molecule has 1 fully saturated rings. The smallest absolute Gasteiger partial charge is 0.318 e. The molecule has 1 aliphatic carbocycles. The molecule has 4 rings (SSSR count). The van der Waals surface area contributed by atoms with E-state index in [1.54, 1.807) is 26.2 Å². The van der Waals surface area contributed by atoms with Crippen LogP contribution in [-0.4, -0.2) is 56.8 Å². The third-order valence-corrected chi connectivity index (χ3v) is 6.72. The number of carbonyl (C=O) groups is 2. The number of hydrogen-bond donors (Lipinski definition) is 2. The molecule has 8 heteroatoms. The van der Waals surface area contributed by atoms with Crippen molar-refractivity contribution in [2.45, 2.75) is 51.2 Å². The highest BCUT2D eigenvalue weighted by Gasteiger charge is 2.36. The molecule has 1 unspecified atom stereocenters. The Morgan fingerprint density at radius 1 is 0.971 bits per heavy atom. The molecular formula is C27H35N3O5. The van der Waals surface area contributed by atoms with E-state index in [1.807, 2.05) is 50.2 Å². The lowest BCUT2D eigenvalue weighted by molar-refractivity contribution is -0.124. The Morgan fingerprint density at radius 2 is 1.63 bits per heavy atom. The van der Waals surface area contributed by atoms with Crippen LogP contribution in [0.5, 0.6) is 17.2 Å². The Bertz CT molecular complexity index is 1070. The quantitative estimate of drug-likeness (QED) is 0.601. The highest BCUT2D eigenvalue weighted by molar-refractivity contribution is 5.88.